The number of hydrogen-bond acceptors (Lipinski definition) is 5. The Kier molecular flexibility index (Phi) is 5.16. The van der Waals surface area contributed by atoms with Gasteiger partial charge in [0, 0.05) is 24.7 Å². The first-order valence-corrected chi connectivity index (χ1v) is 7.89. The number of anilines is 1. The number of rotatable bonds is 3. The second kappa shape index (κ2) is 6.94. The molecule has 0 unspecified atom stereocenters. The maximum absolute atomic E-state index is 12.5. The third-order valence-electron chi connectivity index (χ3n) is 3.98. The van der Waals surface area contributed by atoms with Crippen LogP contribution in [0.5, 0.6) is 0 Å². The molecular formula is C16H22N4O4. The Morgan fingerprint density at radius 2 is 2.12 bits per heavy atom. The Labute approximate surface area is 140 Å². The fourth-order valence-electron chi connectivity index (χ4n) is 2.72. The molecule has 8 heteroatoms. The SMILES string of the molecule is CC(C)(C)C(=O)N1CCC[C@@H](C(=O)Nc2ccncc2[N+](=O)[O-])C1. The summed E-state index contributed by atoms with van der Waals surface area (Å²) < 4.78 is 0. The van der Waals surface area contributed by atoms with Gasteiger partial charge in [0.2, 0.25) is 11.8 Å². The van der Waals surface area contributed by atoms with Gasteiger partial charge in [-0.25, -0.2) is 0 Å². The summed E-state index contributed by atoms with van der Waals surface area (Å²) in [6, 6.07) is 1.40. The Hall–Kier alpha value is -2.51. The molecule has 2 rings (SSSR count). The minimum Gasteiger partial charge on any atom is -0.341 e. The fourth-order valence-corrected chi connectivity index (χ4v) is 2.72. The van der Waals surface area contributed by atoms with E-state index >= 15 is 0 Å². The second-order valence-corrected chi connectivity index (χ2v) is 6.98. The van der Waals surface area contributed by atoms with Gasteiger partial charge in [-0.3, -0.25) is 24.7 Å². The van der Waals surface area contributed by atoms with Crippen molar-refractivity contribution in [2.75, 3.05) is 18.4 Å². The summed E-state index contributed by atoms with van der Waals surface area (Å²) in [5.74, 6) is -0.677. The molecule has 2 amide bonds. The number of nitro groups is 1. The molecule has 0 saturated carbocycles. The molecule has 2 heterocycles. The fraction of sp³-hybridized carbons (Fsp3) is 0.562. The summed E-state index contributed by atoms with van der Waals surface area (Å²) in [6.07, 6.45) is 3.88. The van der Waals surface area contributed by atoms with Crippen molar-refractivity contribution in [1.29, 1.82) is 0 Å². The Morgan fingerprint density at radius 3 is 2.75 bits per heavy atom. The van der Waals surface area contributed by atoms with E-state index < -0.39 is 10.3 Å². The third kappa shape index (κ3) is 4.06. The summed E-state index contributed by atoms with van der Waals surface area (Å²) in [7, 11) is 0. The van der Waals surface area contributed by atoms with Crippen LogP contribution in [-0.2, 0) is 9.59 Å². The van der Waals surface area contributed by atoms with Crippen LogP contribution in [0.3, 0.4) is 0 Å². The number of carbonyl (C=O) groups excluding carboxylic acids is 2. The van der Waals surface area contributed by atoms with E-state index in [2.05, 4.69) is 10.3 Å². The van der Waals surface area contributed by atoms with Crippen LogP contribution in [0.25, 0.3) is 0 Å². The van der Waals surface area contributed by atoms with Gasteiger partial charge in [-0.15, -0.1) is 0 Å². The van der Waals surface area contributed by atoms with Gasteiger partial charge in [0.05, 0.1) is 10.8 Å². The average Bonchev–Trinajstić information content (AvgIpc) is 2.53. The van der Waals surface area contributed by atoms with Crippen molar-refractivity contribution in [1.82, 2.24) is 9.88 Å². The molecule has 1 atom stereocenters. The predicted octanol–water partition coefficient (Wildman–Crippen LogP) is 2.21. The minimum absolute atomic E-state index is 0.00916. The molecule has 24 heavy (non-hydrogen) atoms. The quantitative estimate of drug-likeness (QED) is 0.674. The first-order chi connectivity index (χ1) is 11.2. The van der Waals surface area contributed by atoms with Crippen LogP contribution in [0.2, 0.25) is 0 Å². The molecule has 130 valence electrons. The number of nitrogens with zero attached hydrogens (tertiary/aromatic N) is 3. The zero-order valence-electron chi connectivity index (χ0n) is 14.1. The van der Waals surface area contributed by atoms with Gasteiger partial charge >= 0.3 is 5.69 Å². The first-order valence-electron chi connectivity index (χ1n) is 7.89. The summed E-state index contributed by atoms with van der Waals surface area (Å²) in [4.78, 5) is 40.7. The molecule has 1 N–H and O–H groups in total. The van der Waals surface area contributed by atoms with E-state index in [1.54, 1.807) is 4.90 Å². The molecule has 1 aromatic heterocycles. The predicted molar refractivity (Wildman–Crippen MR) is 88.3 cm³/mol. The van der Waals surface area contributed by atoms with Crippen molar-refractivity contribution in [2.24, 2.45) is 11.3 Å². The Bertz CT molecular complexity index is 654. The highest BCUT2D eigenvalue weighted by Crippen LogP contribution is 2.26. The van der Waals surface area contributed by atoms with Crippen LogP contribution in [0.4, 0.5) is 11.4 Å². The summed E-state index contributed by atoms with van der Waals surface area (Å²) in [5, 5.41) is 13.6. The number of hydrogen-bond donors (Lipinski definition) is 1. The number of nitrogens with one attached hydrogen (secondary N) is 1. The van der Waals surface area contributed by atoms with Crippen LogP contribution in [0.15, 0.2) is 18.5 Å². The highest BCUT2D eigenvalue weighted by molar-refractivity contribution is 5.95. The molecule has 1 aromatic rings. The molecule has 8 nitrogen and oxygen atoms in total. The summed E-state index contributed by atoms with van der Waals surface area (Å²) >= 11 is 0. The molecule has 0 aromatic carbocycles. The molecule has 1 fully saturated rings. The maximum Gasteiger partial charge on any atom is 0.310 e. The average molecular weight is 334 g/mol. The van der Waals surface area contributed by atoms with Crippen LogP contribution in [0, 0.1) is 21.4 Å². The van der Waals surface area contributed by atoms with E-state index in [9.17, 15) is 19.7 Å². The van der Waals surface area contributed by atoms with E-state index in [1.165, 1.54) is 12.3 Å². The lowest BCUT2D eigenvalue weighted by atomic mass is 9.91. The van der Waals surface area contributed by atoms with Gasteiger partial charge in [-0.2, -0.15) is 0 Å². The second-order valence-electron chi connectivity index (χ2n) is 6.98. The lowest BCUT2D eigenvalue weighted by Gasteiger charge is -2.35. The standard InChI is InChI=1S/C16H22N4O4/c1-16(2,3)15(22)19-8-4-5-11(10-19)14(21)18-12-6-7-17-9-13(12)20(23)24/h6-7,9,11H,4-5,8,10H2,1-3H3,(H,17,18,21)/t11-/m1/s1. The number of amides is 2. The molecule has 0 aliphatic carbocycles. The zero-order valence-corrected chi connectivity index (χ0v) is 14.1. The number of likely N-dealkylation sites (tertiary alicyclic amines) is 1. The first kappa shape index (κ1) is 17.8. The highest BCUT2D eigenvalue weighted by Gasteiger charge is 2.33. The van der Waals surface area contributed by atoms with Crippen LogP contribution in [0.1, 0.15) is 33.6 Å². The normalized spacial score (nSPS) is 18.1. The van der Waals surface area contributed by atoms with Gasteiger partial charge in [0.1, 0.15) is 11.9 Å². The topological polar surface area (TPSA) is 105 Å². The largest absolute Gasteiger partial charge is 0.341 e. The molecular weight excluding hydrogens is 312 g/mol. The zero-order chi connectivity index (χ0) is 17.9. The van der Waals surface area contributed by atoms with Crippen molar-refractivity contribution in [3.63, 3.8) is 0 Å². The van der Waals surface area contributed by atoms with Crippen molar-refractivity contribution < 1.29 is 14.5 Å². The minimum atomic E-state index is -0.584. The Balaban J connectivity index is 2.08. The maximum atomic E-state index is 12.5. The van der Waals surface area contributed by atoms with E-state index in [0.717, 1.165) is 12.6 Å². The van der Waals surface area contributed by atoms with Crippen molar-refractivity contribution in [3.8, 4) is 0 Å². The molecule has 1 aliphatic rings. The van der Waals surface area contributed by atoms with Crippen LogP contribution < -0.4 is 5.32 Å². The lowest BCUT2D eigenvalue weighted by Crippen LogP contribution is -2.47. The van der Waals surface area contributed by atoms with Gasteiger partial charge in [-0.1, -0.05) is 20.8 Å². The molecule has 1 saturated heterocycles. The van der Waals surface area contributed by atoms with Crippen LogP contribution in [-0.4, -0.2) is 39.7 Å². The monoisotopic (exact) mass is 334 g/mol. The number of pyridine rings is 1. The van der Waals surface area contributed by atoms with Crippen molar-refractivity contribution in [2.45, 2.75) is 33.6 Å². The van der Waals surface area contributed by atoms with E-state index in [-0.39, 0.29) is 29.1 Å². The van der Waals surface area contributed by atoms with E-state index in [4.69, 9.17) is 0 Å². The summed E-state index contributed by atoms with van der Waals surface area (Å²) in [6.45, 7) is 6.51. The molecule has 0 bridgehead atoms. The van der Waals surface area contributed by atoms with Gasteiger partial charge in [-0.05, 0) is 18.9 Å². The van der Waals surface area contributed by atoms with Crippen LogP contribution >= 0.6 is 0 Å². The number of aromatic nitrogens is 1. The van der Waals surface area contributed by atoms with Gasteiger partial charge in [0.25, 0.3) is 0 Å². The van der Waals surface area contributed by atoms with Gasteiger partial charge in [0.15, 0.2) is 0 Å². The number of piperidine rings is 1. The third-order valence-corrected chi connectivity index (χ3v) is 3.98. The lowest BCUT2D eigenvalue weighted by molar-refractivity contribution is -0.384. The Morgan fingerprint density at radius 1 is 1.42 bits per heavy atom. The van der Waals surface area contributed by atoms with Gasteiger partial charge < -0.3 is 10.2 Å². The summed E-state index contributed by atoms with van der Waals surface area (Å²) in [5.41, 5.74) is -0.619. The molecule has 1 aliphatic heterocycles. The van der Waals surface area contributed by atoms with E-state index in [0.29, 0.717) is 19.5 Å². The smallest absolute Gasteiger partial charge is 0.310 e. The van der Waals surface area contributed by atoms with E-state index in [1.807, 2.05) is 20.8 Å². The highest BCUT2D eigenvalue weighted by atomic mass is 16.6. The number of carbonyl (C=O) groups is 2. The molecule has 0 radical (unpaired) electrons. The molecule has 0 spiro atoms. The van der Waals surface area contributed by atoms with Crippen molar-refractivity contribution in [3.05, 3.63) is 28.6 Å². The van der Waals surface area contributed by atoms with Crippen molar-refractivity contribution >= 4 is 23.2 Å².